The number of carbonyl (C=O) groups is 1. The number of carbonyl (C=O) groups excluding carboxylic acids is 1. The fraction of sp³-hybridized carbons (Fsp3) is 0.304. The van der Waals surface area contributed by atoms with Gasteiger partial charge in [0, 0.05) is 6.54 Å². The van der Waals surface area contributed by atoms with Crippen LogP contribution >= 0.6 is 11.6 Å². The molecule has 31 heavy (non-hydrogen) atoms. The molecule has 1 aromatic heterocycles. The van der Waals surface area contributed by atoms with Crippen LogP contribution in [0.15, 0.2) is 42.5 Å². The van der Waals surface area contributed by atoms with Crippen LogP contribution in [0.2, 0.25) is 5.15 Å². The molecule has 0 fully saturated rings. The van der Waals surface area contributed by atoms with E-state index in [0.717, 1.165) is 5.56 Å². The van der Waals surface area contributed by atoms with Gasteiger partial charge in [0.15, 0.2) is 11.5 Å². The molecule has 3 rings (SSSR count). The minimum Gasteiger partial charge on any atom is -0.490 e. The van der Waals surface area contributed by atoms with Gasteiger partial charge >= 0.3 is 0 Å². The van der Waals surface area contributed by atoms with Crippen LogP contribution in [0.5, 0.6) is 11.5 Å². The van der Waals surface area contributed by atoms with Crippen molar-refractivity contribution in [3.63, 3.8) is 0 Å². The topological polar surface area (TPSA) is 65.4 Å². The predicted octanol–water partition coefficient (Wildman–Crippen LogP) is 4.74. The van der Waals surface area contributed by atoms with E-state index in [-0.39, 0.29) is 16.9 Å². The summed E-state index contributed by atoms with van der Waals surface area (Å²) in [5.41, 5.74) is 2.38. The number of ether oxygens (including phenoxy) is 2. The first kappa shape index (κ1) is 22.6. The molecule has 1 N–H and O–H groups in total. The zero-order valence-corrected chi connectivity index (χ0v) is 18.5. The lowest BCUT2D eigenvalue weighted by molar-refractivity contribution is 0.0953. The fourth-order valence-corrected chi connectivity index (χ4v) is 3.53. The van der Waals surface area contributed by atoms with Gasteiger partial charge in [-0.1, -0.05) is 17.7 Å². The van der Waals surface area contributed by atoms with E-state index in [0.29, 0.717) is 54.6 Å². The van der Waals surface area contributed by atoms with Crippen LogP contribution in [0, 0.1) is 12.7 Å². The molecular weight excluding hydrogens is 421 g/mol. The van der Waals surface area contributed by atoms with Gasteiger partial charge in [-0.05, 0) is 69.2 Å². The van der Waals surface area contributed by atoms with E-state index in [1.54, 1.807) is 19.1 Å². The van der Waals surface area contributed by atoms with Crippen molar-refractivity contribution >= 4 is 17.5 Å². The van der Waals surface area contributed by atoms with Gasteiger partial charge in [0.1, 0.15) is 11.0 Å². The van der Waals surface area contributed by atoms with Crippen LogP contribution in [-0.4, -0.2) is 35.4 Å². The summed E-state index contributed by atoms with van der Waals surface area (Å²) < 4.78 is 25.8. The van der Waals surface area contributed by atoms with Crippen LogP contribution in [0.4, 0.5) is 4.39 Å². The third kappa shape index (κ3) is 5.35. The number of aryl methyl sites for hydroxylation is 1. The quantitative estimate of drug-likeness (QED) is 0.516. The van der Waals surface area contributed by atoms with Crippen molar-refractivity contribution in [2.45, 2.75) is 27.2 Å². The number of hydrogen-bond donors (Lipinski definition) is 1. The maximum Gasteiger partial charge on any atom is 0.256 e. The second-order valence-electron chi connectivity index (χ2n) is 6.79. The van der Waals surface area contributed by atoms with Crippen molar-refractivity contribution < 1.29 is 18.7 Å². The number of nitrogens with zero attached hydrogens (tertiary/aromatic N) is 2. The standard InChI is InChI=1S/C23H25ClFN3O3/c1-4-30-19-11-6-16(14-20(19)31-5-2)12-13-26-23(29)21-15(3)27-28(22(21)24)18-9-7-17(25)8-10-18/h6-11,14H,4-5,12-13H2,1-3H3,(H,26,29). The van der Waals surface area contributed by atoms with E-state index in [4.69, 9.17) is 21.1 Å². The van der Waals surface area contributed by atoms with Gasteiger partial charge in [0.2, 0.25) is 0 Å². The van der Waals surface area contributed by atoms with Crippen LogP contribution < -0.4 is 14.8 Å². The molecule has 2 aromatic carbocycles. The van der Waals surface area contributed by atoms with Crippen molar-refractivity contribution in [2.75, 3.05) is 19.8 Å². The average Bonchev–Trinajstić information content (AvgIpc) is 3.04. The number of rotatable bonds is 9. The van der Waals surface area contributed by atoms with Crippen molar-refractivity contribution in [1.82, 2.24) is 15.1 Å². The van der Waals surface area contributed by atoms with Crippen LogP contribution in [-0.2, 0) is 6.42 Å². The first-order chi connectivity index (χ1) is 14.9. The fourth-order valence-electron chi connectivity index (χ4n) is 3.17. The highest BCUT2D eigenvalue weighted by Gasteiger charge is 2.21. The second kappa shape index (κ2) is 10.3. The summed E-state index contributed by atoms with van der Waals surface area (Å²) in [6, 6.07) is 11.5. The highest BCUT2D eigenvalue weighted by molar-refractivity contribution is 6.33. The Bertz CT molecular complexity index is 1050. The van der Waals surface area contributed by atoms with E-state index in [9.17, 15) is 9.18 Å². The second-order valence-corrected chi connectivity index (χ2v) is 7.15. The Morgan fingerprint density at radius 2 is 1.77 bits per heavy atom. The smallest absolute Gasteiger partial charge is 0.256 e. The largest absolute Gasteiger partial charge is 0.490 e. The van der Waals surface area contributed by atoms with Gasteiger partial charge in [-0.15, -0.1) is 0 Å². The van der Waals surface area contributed by atoms with Crippen LogP contribution in [0.1, 0.15) is 35.5 Å². The molecule has 1 heterocycles. The number of hydrogen-bond acceptors (Lipinski definition) is 4. The predicted molar refractivity (Wildman–Crippen MR) is 118 cm³/mol. The normalized spacial score (nSPS) is 10.7. The number of benzene rings is 2. The van der Waals surface area contributed by atoms with Gasteiger partial charge in [-0.25, -0.2) is 9.07 Å². The van der Waals surface area contributed by atoms with E-state index >= 15 is 0 Å². The lowest BCUT2D eigenvalue weighted by Crippen LogP contribution is -2.26. The van der Waals surface area contributed by atoms with Crippen molar-refractivity contribution in [3.8, 4) is 17.2 Å². The molecule has 0 atom stereocenters. The van der Waals surface area contributed by atoms with E-state index < -0.39 is 0 Å². The summed E-state index contributed by atoms with van der Waals surface area (Å²) in [6.45, 7) is 7.06. The van der Waals surface area contributed by atoms with Crippen LogP contribution in [0.25, 0.3) is 5.69 Å². The molecule has 164 valence electrons. The third-order valence-electron chi connectivity index (χ3n) is 4.61. The van der Waals surface area contributed by atoms with Gasteiger partial charge < -0.3 is 14.8 Å². The van der Waals surface area contributed by atoms with Crippen molar-refractivity contribution in [3.05, 3.63) is 70.3 Å². The summed E-state index contributed by atoms with van der Waals surface area (Å²) >= 11 is 6.41. The summed E-state index contributed by atoms with van der Waals surface area (Å²) in [5, 5.41) is 7.39. The Morgan fingerprint density at radius 1 is 1.10 bits per heavy atom. The lowest BCUT2D eigenvalue weighted by Gasteiger charge is -2.12. The summed E-state index contributed by atoms with van der Waals surface area (Å²) in [6.07, 6.45) is 0.612. The van der Waals surface area contributed by atoms with E-state index in [2.05, 4.69) is 10.4 Å². The number of amides is 1. The molecular formula is C23H25ClFN3O3. The Kier molecular flexibility index (Phi) is 7.52. The molecule has 6 nitrogen and oxygen atoms in total. The highest BCUT2D eigenvalue weighted by atomic mass is 35.5. The number of nitrogens with one attached hydrogen (secondary N) is 1. The summed E-state index contributed by atoms with van der Waals surface area (Å²) in [7, 11) is 0. The molecule has 0 bridgehead atoms. The SMILES string of the molecule is CCOc1ccc(CCNC(=O)c2c(C)nn(-c3ccc(F)cc3)c2Cl)cc1OCC. The van der Waals surface area contributed by atoms with Crippen LogP contribution in [0.3, 0.4) is 0 Å². The molecule has 0 spiro atoms. The zero-order chi connectivity index (χ0) is 22.4. The summed E-state index contributed by atoms with van der Waals surface area (Å²) in [4.78, 5) is 12.7. The minimum atomic E-state index is -0.358. The molecule has 0 aliphatic heterocycles. The Labute approximate surface area is 185 Å². The summed E-state index contributed by atoms with van der Waals surface area (Å²) in [5.74, 6) is 0.718. The maximum absolute atomic E-state index is 13.2. The number of halogens is 2. The van der Waals surface area contributed by atoms with Crippen molar-refractivity contribution in [2.24, 2.45) is 0 Å². The molecule has 8 heteroatoms. The molecule has 0 radical (unpaired) electrons. The Balaban J connectivity index is 1.68. The van der Waals surface area contributed by atoms with Gasteiger partial charge in [0.05, 0.1) is 30.2 Å². The molecule has 3 aromatic rings. The molecule has 0 aliphatic carbocycles. The minimum absolute atomic E-state index is 0.182. The van der Waals surface area contributed by atoms with E-state index in [1.807, 2.05) is 32.0 Å². The molecule has 0 aliphatic rings. The van der Waals surface area contributed by atoms with Crippen molar-refractivity contribution in [1.29, 1.82) is 0 Å². The number of aromatic nitrogens is 2. The third-order valence-corrected chi connectivity index (χ3v) is 4.96. The average molecular weight is 446 g/mol. The lowest BCUT2D eigenvalue weighted by atomic mass is 10.1. The molecule has 0 saturated carbocycles. The van der Waals surface area contributed by atoms with E-state index in [1.165, 1.54) is 16.8 Å². The van der Waals surface area contributed by atoms with Gasteiger partial charge in [0.25, 0.3) is 5.91 Å². The Hall–Kier alpha value is -3.06. The van der Waals surface area contributed by atoms with Gasteiger partial charge in [-0.2, -0.15) is 5.10 Å². The maximum atomic E-state index is 13.2. The molecule has 0 saturated heterocycles. The monoisotopic (exact) mass is 445 g/mol. The molecule has 0 unspecified atom stereocenters. The highest BCUT2D eigenvalue weighted by Crippen LogP contribution is 2.29. The first-order valence-electron chi connectivity index (χ1n) is 10.1. The Morgan fingerprint density at radius 3 is 2.45 bits per heavy atom. The zero-order valence-electron chi connectivity index (χ0n) is 17.7. The first-order valence-corrected chi connectivity index (χ1v) is 10.5. The molecule has 1 amide bonds. The van der Waals surface area contributed by atoms with Gasteiger partial charge in [-0.3, -0.25) is 4.79 Å².